The maximum Gasteiger partial charge on any atom is 0.246 e. The Morgan fingerprint density at radius 1 is 1.16 bits per heavy atom. The van der Waals surface area contributed by atoms with Crippen LogP contribution >= 0.6 is 11.6 Å². The predicted octanol–water partition coefficient (Wildman–Crippen LogP) is 4.81. The Bertz CT molecular complexity index is 1270. The third-order valence-electron chi connectivity index (χ3n) is 6.33. The van der Waals surface area contributed by atoms with E-state index < -0.39 is 0 Å². The molecule has 38 heavy (non-hydrogen) atoms. The van der Waals surface area contributed by atoms with Crippen molar-refractivity contribution in [3.63, 3.8) is 0 Å². The molecule has 10 heteroatoms. The molecule has 0 aliphatic carbocycles. The fraction of sp³-hybridized carbons (Fsp3) is 0.393. The average Bonchev–Trinajstić information content (AvgIpc) is 3.58. The highest BCUT2D eigenvalue weighted by Crippen LogP contribution is 2.32. The number of nitrogens with one attached hydrogen (secondary N) is 1. The molecule has 2 amide bonds. The zero-order valence-electron chi connectivity index (χ0n) is 22.1. The normalized spacial score (nSPS) is 14.9. The minimum Gasteiger partial charge on any atom is -0.493 e. The smallest absolute Gasteiger partial charge is 0.246 e. The van der Waals surface area contributed by atoms with Gasteiger partial charge in [0.05, 0.1) is 31.7 Å². The number of methoxy groups -OCH3 is 2. The molecule has 202 valence electrons. The van der Waals surface area contributed by atoms with Crippen molar-refractivity contribution in [1.82, 2.24) is 14.5 Å². The second-order valence-electron chi connectivity index (χ2n) is 9.42. The van der Waals surface area contributed by atoms with Crippen molar-refractivity contribution in [3.05, 3.63) is 53.7 Å². The fourth-order valence-electron chi connectivity index (χ4n) is 4.37. The Kier molecular flexibility index (Phi) is 8.91. The van der Waals surface area contributed by atoms with Crippen molar-refractivity contribution >= 4 is 29.4 Å². The minimum atomic E-state index is -0.355. The maximum atomic E-state index is 13.3. The number of nitrogens with zero attached hydrogens (tertiary/aromatic N) is 3. The lowest BCUT2D eigenvalue weighted by Crippen LogP contribution is -2.44. The molecule has 1 atom stereocenters. The van der Waals surface area contributed by atoms with Crippen molar-refractivity contribution in [2.24, 2.45) is 5.92 Å². The number of rotatable bonds is 10. The van der Waals surface area contributed by atoms with E-state index in [4.69, 9.17) is 30.8 Å². The highest BCUT2D eigenvalue weighted by Gasteiger charge is 2.26. The van der Waals surface area contributed by atoms with Crippen LogP contribution in [0.2, 0.25) is 5.02 Å². The molecule has 4 rings (SSSR count). The summed E-state index contributed by atoms with van der Waals surface area (Å²) in [5, 5.41) is 3.52. The summed E-state index contributed by atoms with van der Waals surface area (Å²) in [6.07, 6.45) is 3.59. The molecule has 1 N–H and O–H groups in total. The highest BCUT2D eigenvalue weighted by atomic mass is 35.5. The number of ether oxygens (including phenoxy) is 3. The number of hydrogen-bond donors (Lipinski definition) is 1. The monoisotopic (exact) mass is 540 g/mol. The first-order valence-corrected chi connectivity index (χ1v) is 12.9. The number of benzene rings is 2. The lowest BCUT2D eigenvalue weighted by atomic mass is 10.1. The number of amides is 2. The summed E-state index contributed by atoms with van der Waals surface area (Å²) < 4.78 is 18.3. The van der Waals surface area contributed by atoms with Gasteiger partial charge in [0.25, 0.3) is 0 Å². The van der Waals surface area contributed by atoms with Crippen LogP contribution in [0.3, 0.4) is 0 Å². The molecule has 2 aromatic carbocycles. The third-order valence-corrected chi connectivity index (χ3v) is 6.58. The molecule has 0 bridgehead atoms. The van der Waals surface area contributed by atoms with Crippen LogP contribution < -0.4 is 14.8 Å². The van der Waals surface area contributed by atoms with E-state index in [2.05, 4.69) is 5.32 Å². The van der Waals surface area contributed by atoms with Crippen LogP contribution in [0.5, 0.6) is 11.5 Å². The van der Waals surface area contributed by atoms with Crippen LogP contribution in [-0.4, -0.2) is 66.3 Å². The van der Waals surface area contributed by atoms with Crippen molar-refractivity contribution in [1.29, 1.82) is 0 Å². The molecule has 1 saturated heterocycles. The molecule has 1 aromatic heterocycles. The maximum absolute atomic E-state index is 13.3. The van der Waals surface area contributed by atoms with Gasteiger partial charge in [0, 0.05) is 41.9 Å². The van der Waals surface area contributed by atoms with Crippen LogP contribution in [0.25, 0.3) is 16.9 Å². The molecule has 2 heterocycles. The standard InChI is InChI=1S/C28H33ClN4O5/c1-18(2)27(35)32(15-22-6-5-13-38-22)17-26(34)31-28-30-23(19-7-9-20(29)10-8-19)16-33(28)21-11-12-24(36-3)25(14-21)37-4/h7-12,14,16,18,22H,5-6,13,15,17H2,1-4H3,(H,30,31,34). The fourth-order valence-corrected chi connectivity index (χ4v) is 4.50. The van der Waals surface area contributed by atoms with Crippen molar-refractivity contribution in [2.75, 3.05) is 39.2 Å². The number of carbonyl (C=O) groups is 2. The van der Waals surface area contributed by atoms with Crippen molar-refractivity contribution < 1.29 is 23.8 Å². The molecular formula is C28H33ClN4O5. The molecule has 0 radical (unpaired) electrons. The summed E-state index contributed by atoms with van der Waals surface area (Å²) in [6, 6.07) is 12.7. The van der Waals surface area contributed by atoms with E-state index in [0.29, 0.717) is 47.0 Å². The quantitative estimate of drug-likeness (QED) is 0.396. The van der Waals surface area contributed by atoms with Gasteiger partial charge in [-0.2, -0.15) is 0 Å². The van der Waals surface area contributed by atoms with Crippen LogP contribution in [0.1, 0.15) is 26.7 Å². The average molecular weight is 541 g/mol. The Labute approximate surface area is 227 Å². The molecule has 9 nitrogen and oxygen atoms in total. The number of aromatic nitrogens is 2. The van der Waals surface area contributed by atoms with E-state index in [1.807, 2.05) is 38.2 Å². The molecule has 0 spiro atoms. The van der Waals surface area contributed by atoms with Gasteiger partial charge in [-0.15, -0.1) is 0 Å². The van der Waals surface area contributed by atoms with Gasteiger partial charge in [-0.1, -0.05) is 37.6 Å². The van der Waals surface area contributed by atoms with E-state index in [1.165, 1.54) is 0 Å². The number of anilines is 1. The van der Waals surface area contributed by atoms with Gasteiger partial charge in [0.1, 0.15) is 6.54 Å². The van der Waals surface area contributed by atoms with E-state index in [1.54, 1.807) is 48.0 Å². The van der Waals surface area contributed by atoms with E-state index in [-0.39, 0.29) is 30.4 Å². The van der Waals surface area contributed by atoms with E-state index >= 15 is 0 Å². The van der Waals surface area contributed by atoms with E-state index in [9.17, 15) is 9.59 Å². The van der Waals surface area contributed by atoms with Gasteiger partial charge in [-0.05, 0) is 37.1 Å². The van der Waals surface area contributed by atoms with Gasteiger partial charge < -0.3 is 19.1 Å². The van der Waals surface area contributed by atoms with Gasteiger partial charge in [-0.3, -0.25) is 19.5 Å². The first kappa shape index (κ1) is 27.5. The van der Waals surface area contributed by atoms with Gasteiger partial charge in [0.2, 0.25) is 17.8 Å². The summed E-state index contributed by atoms with van der Waals surface area (Å²) in [5.41, 5.74) is 2.18. The minimum absolute atomic E-state index is 0.0595. The zero-order valence-corrected chi connectivity index (χ0v) is 22.8. The first-order valence-electron chi connectivity index (χ1n) is 12.6. The highest BCUT2D eigenvalue weighted by molar-refractivity contribution is 6.30. The molecular weight excluding hydrogens is 508 g/mol. The van der Waals surface area contributed by atoms with Crippen molar-refractivity contribution in [3.8, 4) is 28.4 Å². The predicted molar refractivity (Wildman–Crippen MR) is 146 cm³/mol. The Morgan fingerprint density at radius 2 is 1.89 bits per heavy atom. The van der Waals surface area contributed by atoms with Gasteiger partial charge in [0.15, 0.2) is 11.5 Å². The second-order valence-corrected chi connectivity index (χ2v) is 9.86. The lowest BCUT2D eigenvalue weighted by Gasteiger charge is -2.26. The summed E-state index contributed by atoms with van der Waals surface area (Å²) in [6.45, 7) is 4.60. The molecule has 1 unspecified atom stereocenters. The largest absolute Gasteiger partial charge is 0.493 e. The Morgan fingerprint density at radius 3 is 2.53 bits per heavy atom. The van der Waals surface area contributed by atoms with Crippen LogP contribution in [0.4, 0.5) is 5.95 Å². The number of imidazole rings is 1. The van der Waals surface area contributed by atoms with Crippen LogP contribution in [0, 0.1) is 5.92 Å². The Balaban J connectivity index is 1.64. The summed E-state index contributed by atoms with van der Waals surface area (Å²) in [7, 11) is 3.13. The molecule has 1 aliphatic heterocycles. The van der Waals surface area contributed by atoms with Crippen LogP contribution in [-0.2, 0) is 14.3 Å². The second kappa shape index (κ2) is 12.3. The molecule has 3 aromatic rings. The van der Waals surface area contributed by atoms with Crippen molar-refractivity contribution in [2.45, 2.75) is 32.8 Å². The number of hydrogen-bond acceptors (Lipinski definition) is 6. The lowest BCUT2D eigenvalue weighted by molar-refractivity contribution is -0.139. The van der Waals surface area contributed by atoms with Crippen LogP contribution in [0.15, 0.2) is 48.7 Å². The van der Waals surface area contributed by atoms with E-state index in [0.717, 1.165) is 18.4 Å². The summed E-state index contributed by atoms with van der Waals surface area (Å²) in [5.74, 6) is 0.731. The first-order chi connectivity index (χ1) is 18.3. The summed E-state index contributed by atoms with van der Waals surface area (Å²) >= 11 is 6.07. The zero-order chi connectivity index (χ0) is 27.2. The molecule has 1 aliphatic rings. The van der Waals surface area contributed by atoms with Gasteiger partial charge in [-0.25, -0.2) is 4.98 Å². The SMILES string of the molecule is COc1ccc(-n2cc(-c3ccc(Cl)cc3)nc2NC(=O)CN(CC2CCCO2)C(=O)C(C)C)cc1OC. The number of halogens is 1. The summed E-state index contributed by atoms with van der Waals surface area (Å²) in [4.78, 5) is 32.4. The topological polar surface area (TPSA) is 94.9 Å². The third kappa shape index (κ3) is 6.46. The molecule has 0 saturated carbocycles. The van der Waals surface area contributed by atoms with Gasteiger partial charge >= 0.3 is 0 Å². The number of carbonyl (C=O) groups excluding carboxylic acids is 2. The Hall–Kier alpha value is -3.56. The molecule has 1 fully saturated rings.